The van der Waals surface area contributed by atoms with Crippen molar-refractivity contribution in [3.63, 3.8) is 0 Å². The zero-order chi connectivity index (χ0) is 17.5. The van der Waals surface area contributed by atoms with Crippen LogP contribution in [-0.4, -0.2) is 23.3 Å². The number of benzene rings is 1. The molecule has 0 saturated heterocycles. The summed E-state index contributed by atoms with van der Waals surface area (Å²) in [6, 6.07) is 14.0. The number of urea groups is 1. The van der Waals surface area contributed by atoms with E-state index >= 15 is 0 Å². The van der Waals surface area contributed by atoms with Gasteiger partial charge in [-0.2, -0.15) is 0 Å². The van der Waals surface area contributed by atoms with E-state index in [1.165, 1.54) is 6.26 Å². The number of rotatable bonds is 6. The Kier molecular flexibility index (Phi) is 5.26. The van der Waals surface area contributed by atoms with Gasteiger partial charge in [-0.15, -0.1) is 0 Å². The van der Waals surface area contributed by atoms with Crippen LogP contribution in [0.4, 0.5) is 4.79 Å². The quantitative estimate of drug-likeness (QED) is 0.721. The first-order valence-electron chi connectivity index (χ1n) is 7.75. The fraction of sp³-hybridized carbons (Fsp3) is 0.167. The van der Waals surface area contributed by atoms with E-state index in [0.29, 0.717) is 17.1 Å². The molecule has 0 bridgehead atoms. The molecule has 0 radical (unpaired) electrons. The van der Waals surface area contributed by atoms with Gasteiger partial charge in [-0.3, -0.25) is 4.98 Å². The zero-order valence-corrected chi connectivity index (χ0v) is 13.7. The molecule has 2 aromatic heterocycles. The van der Waals surface area contributed by atoms with Gasteiger partial charge in [-0.05, 0) is 18.2 Å². The molecule has 0 aliphatic rings. The standard InChI is InChI=1S/C18H18N4O3/c1-24-16-8-3-2-6-14(16)17(15-7-4-5-10-19-15)21-18(23)20-12-13-9-11-25-22-13/h2-11,17H,12H2,1H3,(H2,20,21,23)/t17-/m0/s1. The normalized spacial score (nSPS) is 11.6. The third-order valence-corrected chi connectivity index (χ3v) is 3.63. The molecule has 0 aliphatic heterocycles. The van der Waals surface area contributed by atoms with Crippen molar-refractivity contribution in [2.45, 2.75) is 12.6 Å². The largest absolute Gasteiger partial charge is 0.496 e. The monoisotopic (exact) mass is 338 g/mol. The van der Waals surface area contributed by atoms with Gasteiger partial charge in [0.25, 0.3) is 0 Å². The lowest BCUT2D eigenvalue weighted by Gasteiger charge is -2.21. The molecule has 3 rings (SSSR count). The summed E-state index contributed by atoms with van der Waals surface area (Å²) >= 11 is 0. The molecule has 3 aromatic rings. The molecule has 0 spiro atoms. The van der Waals surface area contributed by atoms with Gasteiger partial charge < -0.3 is 19.9 Å². The van der Waals surface area contributed by atoms with Crippen LogP contribution >= 0.6 is 0 Å². The van der Waals surface area contributed by atoms with E-state index in [2.05, 4.69) is 20.8 Å². The molecule has 7 heteroatoms. The molecule has 2 heterocycles. The number of hydrogen-bond acceptors (Lipinski definition) is 5. The van der Waals surface area contributed by atoms with Crippen LogP contribution in [0.15, 0.2) is 65.5 Å². The summed E-state index contributed by atoms with van der Waals surface area (Å²) in [5.41, 5.74) is 2.17. The molecule has 7 nitrogen and oxygen atoms in total. The fourth-order valence-corrected chi connectivity index (χ4v) is 2.44. The predicted molar refractivity (Wildman–Crippen MR) is 90.9 cm³/mol. The molecule has 1 aromatic carbocycles. The van der Waals surface area contributed by atoms with Gasteiger partial charge in [0.05, 0.1) is 19.3 Å². The van der Waals surface area contributed by atoms with Gasteiger partial charge in [0.2, 0.25) is 0 Å². The molecule has 128 valence electrons. The molecule has 2 amide bonds. The average molecular weight is 338 g/mol. The van der Waals surface area contributed by atoms with E-state index in [1.807, 2.05) is 42.5 Å². The smallest absolute Gasteiger partial charge is 0.315 e. The van der Waals surface area contributed by atoms with Crippen LogP contribution in [0, 0.1) is 0 Å². The molecular formula is C18H18N4O3. The molecular weight excluding hydrogens is 320 g/mol. The number of carbonyl (C=O) groups excluding carboxylic acids is 1. The number of carbonyl (C=O) groups is 1. The number of aromatic nitrogens is 2. The topological polar surface area (TPSA) is 89.3 Å². The van der Waals surface area contributed by atoms with Crippen molar-refractivity contribution in [1.82, 2.24) is 20.8 Å². The first-order chi connectivity index (χ1) is 12.3. The summed E-state index contributed by atoms with van der Waals surface area (Å²) in [7, 11) is 1.60. The Morgan fingerprint density at radius 2 is 2.04 bits per heavy atom. The number of nitrogens with one attached hydrogen (secondary N) is 2. The Morgan fingerprint density at radius 1 is 1.20 bits per heavy atom. The lowest BCUT2D eigenvalue weighted by atomic mass is 10.0. The molecule has 0 fully saturated rings. The van der Waals surface area contributed by atoms with Gasteiger partial charge in [0.15, 0.2) is 0 Å². The number of hydrogen-bond donors (Lipinski definition) is 2. The highest BCUT2D eigenvalue weighted by Crippen LogP contribution is 2.28. The summed E-state index contributed by atoms with van der Waals surface area (Å²) < 4.78 is 10.2. The Balaban J connectivity index is 1.80. The van der Waals surface area contributed by atoms with E-state index in [-0.39, 0.29) is 12.6 Å². The third kappa shape index (κ3) is 4.14. The van der Waals surface area contributed by atoms with Gasteiger partial charge in [0.1, 0.15) is 23.7 Å². The van der Waals surface area contributed by atoms with Gasteiger partial charge in [-0.25, -0.2) is 4.79 Å². The maximum absolute atomic E-state index is 12.3. The molecule has 2 N–H and O–H groups in total. The van der Waals surface area contributed by atoms with Crippen LogP contribution in [0.25, 0.3) is 0 Å². The maximum atomic E-state index is 12.3. The molecule has 0 saturated carbocycles. The SMILES string of the molecule is COc1ccccc1[C@H](NC(=O)NCc1ccon1)c1ccccn1. The number of pyridine rings is 1. The van der Waals surface area contributed by atoms with Crippen LogP contribution in [0.1, 0.15) is 23.0 Å². The lowest BCUT2D eigenvalue weighted by molar-refractivity contribution is 0.237. The van der Waals surface area contributed by atoms with Crippen LogP contribution in [0.2, 0.25) is 0 Å². The third-order valence-electron chi connectivity index (χ3n) is 3.63. The number of amides is 2. The Morgan fingerprint density at radius 3 is 2.76 bits per heavy atom. The van der Waals surface area contributed by atoms with Gasteiger partial charge in [-0.1, -0.05) is 29.4 Å². The van der Waals surface area contributed by atoms with E-state index in [1.54, 1.807) is 19.4 Å². The van der Waals surface area contributed by atoms with Crippen molar-refractivity contribution >= 4 is 6.03 Å². The molecule has 25 heavy (non-hydrogen) atoms. The Labute approximate surface area is 145 Å². The van der Waals surface area contributed by atoms with Crippen molar-refractivity contribution in [2.24, 2.45) is 0 Å². The van der Waals surface area contributed by atoms with E-state index in [0.717, 1.165) is 5.56 Å². The van der Waals surface area contributed by atoms with Crippen molar-refractivity contribution in [3.8, 4) is 5.75 Å². The van der Waals surface area contributed by atoms with Gasteiger partial charge >= 0.3 is 6.03 Å². The van der Waals surface area contributed by atoms with Crippen molar-refractivity contribution < 1.29 is 14.1 Å². The zero-order valence-electron chi connectivity index (χ0n) is 13.7. The lowest BCUT2D eigenvalue weighted by Crippen LogP contribution is -2.38. The highest BCUT2D eigenvalue weighted by Gasteiger charge is 2.21. The summed E-state index contributed by atoms with van der Waals surface area (Å²) in [6.07, 6.45) is 3.15. The second-order valence-corrected chi connectivity index (χ2v) is 5.25. The average Bonchev–Trinajstić information content (AvgIpc) is 3.19. The maximum Gasteiger partial charge on any atom is 0.315 e. The summed E-state index contributed by atoms with van der Waals surface area (Å²) in [5, 5.41) is 9.45. The number of para-hydroxylation sites is 1. The number of ether oxygens (including phenoxy) is 1. The van der Waals surface area contributed by atoms with E-state index < -0.39 is 6.04 Å². The molecule has 0 aliphatic carbocycles. The minimum absolute atomic E-state index is 0.267. The predicted octanol–water partition coefficient (Wildman–Crippen LogP) is 2.67. The van der Waals surface area contributed by atoms with Crippen molar-refractivity contribution in [1.29, 1.82) is 0 Å². The molecule has 0 unspecified atom stereocenters. The van der Waals surface area contributed by atoms with Gasteiger partial charge in [0, 0.05) is 17.8 Å². The van der Waals surface area contributed by atoms with E-state index in [4.69, 9.17) is 9.26 Å². The van der Waals surface area contributed by atoms with E-state index in [9.17, 15) is 4.79 Å². The van der Waals surface area contributed by atoms with Crippen molar-refractivity contribution in [2.75, 3.05) is 7.11 Å². The number of methoxy groups -OCH3 is 1. The highest BCUT2D eigenvalue weighted by molar-refractivity contribution is 5.75. The fourth-order valence-electron chi connectivity index (χ4n) is 2.44. The minimum atomic E-state index is -0.449. The Bertz CT molecular complexity index is 806. The Hall–Kier alpha value is -3.35. The highest BCUT2D eigenvalue weighted by atomic mass is 16.5. The second kappa shape index (κ2) is 7.96. The molecule has 1 atom stereocenters. The summed E-state index contributed by atoms with van der Waals surface area (Å²) in [5.74, 6) is 0.676. The minimum Gasteiger partial charge on any atom is -0.496 e. The van der Waals surface area contributed by atoms with Crippen molar-refractivity contribution in [3.05, 3.63) is 77.9 Å². The second-order valence-electron chi connectivity index (χ2n) is 5.25. The number of nitrogens with zero attached hydrogens (tertiary/aromatic N) is 2. The van der Waals surface area contributed by atoms with Crippen LogP contribution in [0.5, 0.6) is 5.75 Å². The van der Waals surface area contributed by atoms with Crippen LogP contribution in [0.3, 0.4) is 0 Å². The first kappa shape index (κ1) is 16.5. The first-order valence-corrected chi connectivity index (χ1v) is 7.75. The summed E-state index contributed by atoms with van der Waals surface area (Å²) in [4.78, 5) is 16.7. The summed E-state index contributed by atoms with van der Waals surface area (Å²) in [6.45, 7) is 0.267. The van der Waals surface area contributed by atoms with Crippen LogP contribution < -0.4 is 15.4 Å². The van der Waals surface area contributed by atoms with Crippen LogP contribution in [-0.2, 0) is 6.54 Å².